The lowest BCUT2D eigenvalue weighted by atomic mass is 9.80. The molecule has 0 fully saturated rings. The fraction of sp³-hybridized carbons (Fsp3) is 0.299. The smallest absolute Gasteiger partial charge is 0.00921 e. The van der Waals surface area contributed by atoms with Gasteiger partial charge in [-0.25, -0.2) is 0 Å². The van der Waals surface area contributed by atoms with Crippen molar-refractivity contribution >= 4 is 32.3 Å². The Labute approximate surface area is 462 Å². The van der Waals surface area contributed by atoms with E-state index in [1.54, 1.807) is 0 Å². The number of hydrogen-bond donors (Lipinski definition) is 0. The molecule has 0 aromatic heterocycles. The summed E-state index contributed by atoms with van der Waals surface area (Å²) in [5.41, 5.74) is 22.9. The fourth-order valence-electron chi connectivity index (χ4n) is 11.4. The Kier molecular flexibility index (Phi) is 13.5. The molecule has 0 aliphatic heterocycles. The Balaban J connectivity index is 1.39. The van der Waals surface area contributed by atoms with Gasteiger partial charge in [0.15, 0.2) is 0 Å². The maximum Gasteiger partial charge on any atom is -0.00921 e. The minimum Gasteiger partial charge on any atom is -0.0587 e. The molecule has 0 N–H and O–H groups in total. The van der Waals surface area contributed by atoms with Crippen molar-refractivity contribution in [3.05, 3.63) is 215 Å². The third-order valence-corrected chi connectivity index (χ3v) is 16.5. The van der Waals surface area contributed by atoms with E-state index in [0.29, 0.717) is 5.92 Å². The van der Waals surface area contributed by atoms with Gasteiger partial charge in [0.05, 0.1) is 0 Å². The molecule has 390 valence electrons. The van der Waals surface area contributed by atoms with Crippen molar-refractivity contribution in [1.82, 2.24) is 0 Å². The third-order valence-electron chi connectivity index (χ3n) is 16.5. The van der Waals surface area contributed by atoms with Crippen molar-refractivity contribution in [3.63, 3.8) is 0 Å². The van der Waals surface area contributed by atoms with Crippen LogP contribution in [0.15, 0.2) is 182 Å². The molecule has 0 spiro atoms. The molecule has 0 amide bonds. The molecule has 0 bridgehead atoms. The Morgan fingerprint density at radius 1 is 0.208 bits per heavy atom. The molecule has 0 unspecified atom stereocenters. The minimum absolute atomic E-state index is 0.0367. The van der Waals surface area contributed by atoms with E-state index in [-0.39, 0.29) is 27.1 Å². The molecule has 10 rings (SSSR count). The fourth-order valence-corrected chi connectivity index (χ4v) is 11.4. The first-order valence-corrected chi connectivity index (χ1v) is 28.3. The quantitative estimate of drug-likeness (QED) is 0.140. The number of rotatable bonds is 7. The Bertz CT molecular complexity index is 3690. The summed E-state index contributed by atoms with van der Waals surface area (Å²) in [4.78, 5) is 0. The topological polar surface area (TPSA) is 0 Å². The molecule has 0 nitrogen and oxygen atoms in total. The average molecular weight is 1010 g/mol. The first-order chi connectivity index (χ1) is 36.1. The van der Waals surface area contributed by atoms with Crippen LogP contribution in [-0.4, -0.2) is 0 Å². The van der Waals surface area contributed by atoms with Crippen LogP contribution >= 0.6 is 0 Å². The lowest BCUT2D eigenvalue weighted by Crippen LogP contribution is -2.10. The first kappa shape index (κ1) is 53.4. The highest BCUT2D eigenvalue weighted by atomic mass is 14.3. The summed E-state index contributed by atoms with van der Waals surface area (Å²) in [6.45, 7) is 39.1. The monoisotopic (exact) mass is 1010 g/mol. The van der Waals surface area contributed by atoms with E-state index in [1.807, 2.05) is 0 Å². The van der Waals surface area contributed by atoms with E-state index < -0.39 is 0 Å². The van der Waals surface area contributed by atoms with Crippen molar-refractivity contribution < 1.29 is 0 Å². The van der Waals surface area contributed by atoms with E-state index >= 15 is 0 Å². The zero-order valence-corrected chi connectivity index (χ0v) is 49.4. The lowest BCUT2D eigenvalue weighted by molar-refractivity contribution is 0.590. The van der Waals surface area contributed by atoms with E-state index in [9.17, 15) is 0 Å². The molecule has 0 atom stereocenters. The predicted molar refractivity (Wildman–Crippen MR) is 339 cm³/mol. The van der Waals surface area contributed by atoms with Crippen molar-refractivity contribution in [2.75, 3.05) is 0 Å². The van der Waals surface area contributed by atoms with Gasteiger partial charge >= 0.3 is 0 Å². The summed E-state index contributed by atoms with van der Waals surface area (Å²) in [5.74, 6) is 0.440. The Morgan fingerprint density at radius 3 is 0.481 bits per heavy atom. The third kappa shape index (κ3) is 10.6. The van der Waals surface area contributed by atoms with Crippen molar-refractivity contribution in [2.24, 2.45) is 0 Å². The van der Waals surface area contributed by atoms with E-state index in [2.05, 4.69) is 300 Å². The molecular formula is C77H82. The second-order valence-electron chi connectivity index (χ2n) is 27.7. The zero-order valence-electron chi connectivity index (χ0n) is 49.4. The summed E-state index contributed by atoms with van der Waals surface area (Å²) in [7, 11) is 0. The summed E-state index contributed by atoms with van der Waals surface area (Å²) >= 11 is 0. The van der Waals surface area contributed by atoms with Crippen molar-refractivity contribution in [2.45, 2.75) is 151 Å². The summed E-state index contributed by atoms with van der Waals surface area (Å²) < 4.78 is 0. The minimum atomic E-state index is 0.0367. The second-order valence-corrected chi connectivity index (χ2v) is 27.7. The molecule has 0 radical (unpaired) electrons. The SMILES string of the molecule is CC(C)c1ccc(-c2cc3c(cc2-c2ccc(C(C)(C)C)cc2)c2cc(-c4ccc(C(C)(C)C)cc4)c(-c4ccc(C(C)(C)C)cc4)cc2c2cc(-c4ccc(C(C)(C)C)cc4)c(-c4ccc(C(C)(C)C)cc4)cc32)cc1. The highest BCUT2D eigenvalue weighted by Crippen LogP contribution is 2.49. The maximum atomic E-state index is 2.54. The van der Waals surface area contributed by atoms with Crippen molar-refractivity contribution in [1.29, 1.82) is 0 Å². The van der Waals surface area contributed by atoms with E-state index in [0.717, 1.165) is 0 Å². The van der Waals surface area contributed by atoms with Crippen LogP contribution < -0.4 is 0 Å². The molecule has 10 aromatic carbocycles. The Hall–Kier alpha value is -7.02. The van der Waals surface area contributed by atoms with Gasteiger partial charge in [0.2, 0.25) is 0 Å². The van der Waals surface area contributed by atoms with Crippen LogP contribution in [0.4, 0.5) is 0 Å². The summed E-state index contributed by atoms with van der Waals surface area (Å²) in [5, 5.41) is 7.52. The van der Waals surface area contributed by atoms with Gasteiger partial charge in [0.25, 0.3) is 0 Å². The van der Waals surface area contributed by atoms with Crippen LogP contribution in [0, 0.1) is 0 Å². The van der Waals surface area contributed by atoms with Crippen LogP contribution in [-0.2, 0) is 27.1 Å². The second kappa shape index (κ2) is 19.5. The first-order valence-electron chi connectivity index (χ1n) is 28.3. The standard InChI is InChI=1S/C77H82/c1-48(2)49-18-20-50(21-19-49)61-42-67-68(43-62(61)51-22-32-56(33-23-51)73(3,4)5)70-45-64(53-26-36-58(37-27-53)75(9,10)11)66(55-30-40-60(41-31-55)77(15,16)17)47-72(70)71-46-65(54-28-38-59(39-29-54)76(12,13)14)63(44-69(67)71)52-24-34-57(35-25-52)74(6,7)8/h18-48H,1-17H3. The molecular weight excluding hydrogens is 925 g/mol. The van der Waals surface area contributed by atoms with E-state index in [4.69, 9.17) is 0 Å². The highest BCUT2D eigenvalue weighted by Gasteiger charge is 2.24. The van der Waals surface area contributed by atoms with Gasteiger partial charge in [-0.2, -0.15) is 0 Å². The van der Waals surface area contributed by atoms with Crippen LogP contribution in [0.1, 0.15) is 157 Å². The van der Waals surface area contributed by atoms with Crippen LogP contribution in [0.3, 0.4) is 0 Å². The molecule has 0 heterocycles. The molecule has 77 heavy (non-hydrogen) atoms. The maximum absolute atomic E-state index is 2.54. The summed E-state index contributed by atoms with van der Waals surface area (Å²) in [6.07, 6.45) is 0. The van der Waals surface area contributed by atoms with E-state index in [1.165, 1.54) is 132 Å². The molecule has 10 aromatic rings. The van der Waals surface area contributed by atoms with Crippen LogP contribution in [0.25, 0.3) is 99.1 Å². The molecule has 0 saturated heterocycles. The van der Waals surface area contributed by atoms with Gasteiger partial charge in [-0.1, -0.05) is 263 Å². The number of hydrogen-bond acceptors (Lipinski definition) is 0. The number of fused-ring (bicyclic) bond motifs is 6. The van der Waals surface area contributed by atoms with Crippen molar-refractivity contribution in [3.8, 4) is 66.8 Å². The van der Waals surface area contributed by atoms with Crippen LogP contribution in [0.2, 0.25) is 0 Å². The van der Waals surface area contributed by atoms with Crippen LogP contribution in [0.5, 0.6) is 0 Å². The molecule has 0 saturated carbocycles. The van der Waals surface area contributed by atoms with Gasteiger partial charge in [0.1, 0.15) is 0 Å². The predicted octanol–water partition coefficient (Wildman–Crippen LogP) is 22.8. The molecule has 0 heteroatoms. The van der Waals surface area contributed by atoms with Gasteiger partial charge in [0, 0.05) is 0 Å². The zero-order chi connectivity index (χ0) is 55.1. The largest absolute Gasteiger partial charge is 0.0587 e. The van der Waals surface area contributed by atoms with Gasteiger partial charge < -0.3 is 0 Å². The highest BCUT2D eigenvalue weighted by molar-refractivity contribution is 6.29. The molecule has 0 aliphatic rings. The number of benzene rings is 10. The van der Waals surface area contributed by atoms with Gasteiger partial charge in [-0.05, 0) is 202 Å². The Morgan fingerprint density at radius 2 is 0.351 bits per heavy atom. The normalized spacial score (nSPS) is 12.9. The average Bonchev–Trinajstić information content (AvgIpc) is 3.43. The van der Waals surface area contributed by atoms with Gasteiger partial charge in [-0.3, -0.25) is 0 Å². The van der Waals surface area contributed by atoms with Gasteiger partial charge in [-0.15, -0.1) is 0 Å². The summed E-state index contributed by atoms with van der Waals surface area (Å²) in [6, 6.07) is 71.6. The lowest BCUT2D eigenvalue weighted by Gasteiger charge is -2.23. The molecule has 0 aliphatic carbocycles.